The van der Waals surface area contributed by atoms with Crippen LogP contribution in [0, 0.1) is 0 Å². The number of carbonyl (C=O) groups excluding carboxylic acids is 1. The van der Waals surface area contributed by atoms with Gasteiger partial charge in [0.2, 0.25) is 0 Å². The van der Waals surface area contributed by atoms with E-state index in [1.54, 1.807) is 29.3 Å². The number of aromatic nitrogens is 3. The molecule has 1 aromatic carbocycles. The fraction of sp³-hybridized carbons (Fsp3) is 0.200. The number of nitrogens with one attached hydrogen (secondary N) is 1. The number of anilines is 3. The fourth-order valence-electron chi connectivity index (χ4n) is 3.10. The number of hydrogen-bond acceptors (Lipinski definition) is 6. The average molecular weight is 429 g/mol. The molecule has 1 saturated heterocycles. The summed E-state index contributed by atoms with van der Waals surface area (Å²) in [6, 6.07) is 14.3. The van der Waals surface area contributed by atoms with E-state index < -0.39 is 0 Å². The van der Waals surface area contributed by atoms with Crippen LogP contribution in [0.25, 0.3) is 0 Å². The molecule has 0 bridgehead atoms. The van der Waals surface area contributed by atoms with Crippen LogP contribution in [0.4, 0.5) is 17.5 Å². The Hall–Kier alpha value is -2.90. The number of carbonyl (C=O) groups is 1. The summed E-state index contributed by atoms with van der Waals surface area (Å²) in [7, 11) is 0. The first-order chi connectivity index (χ1) is 14.1. The van der Waals surface area contributed by atoms with Crippen molar-refractivity contribution in [2.24, 2.45) is 0 Å². The summed E-state index contributed by atoms with van der Waals surface area (Å²) >= 11 is 12.2. The van der Waals surface area contributed by atoms with Gasteiger partial charge in [-0.1, -0.05) is 29.3 Å². The maximum absolute atomic E-state index is 12.8. The molecule has 0 aliphatic carbocycles. The molecule has 0 atom stereocenters. The predicted octanol–water partition coefficient (Wildman–Crippen LogP) is 3.88. The van der Waals surface area contributed by atoms with E-state index in [1.165, 1.54) is 0 Å². The molecule has 0 radical (unpaired) electrons. The quantitative estimate of drug-likeness (QED) is 0.679. The molecule has 1 aliphatic heterocycles. The van der Waals surface area contributed by atoms with Crippen molar-refractivity contribution in [3.63, 3.8) is 0 Å². The van der Waals surface area contributed by atoms with Gasteiger partial charge in [0.25, 0.3) is 5.91 Å². The van der Waals surface area contributed by atoms with Crippen molar-refractivity contribution in [2.75, 3.05) is 36.4 Å². The number of benzene rings is 1. The number of nitrogens with zero attached hydrogens (tertiary/aromatic N) is 5. The van der Waals surface area contributed by atoms with E-state index in [2.05, 4.69) is 25.4 Å². The van der Waals surface area contributed by atoms with E-state index in [1.807, 2.05) is 30.3 Å². The highest BCUT2D eigenvalue weighted by atomic mass is 35.5. The summed E-state index contributed by atoms with van der Waals surface area (Å²) in [4.78, 5) is 20.8. The summed E-state index contributed by atoms with van der Waals surface area (Å²) in [5.74, 6) is 1.99. The van der Waals surface area contributed by atoms with Crippen molar-refractivity contribution in [3.05, 3.63) is 70.3 Å². The van der Waals surface area contributed by atoms with Gasteiger partial charge in [-0.05, 0) is 42.5 Å². The van der Waals surface area contributed by atoms with Gasteiger partial charge in [-0.3, -0.25) is 4.79 Å². The van der Waals surface area contributed by atoms with Gasteiger partial charge in [0, 0.05) is 37.4 Å². The molecule has 4 rings (SSSR count). The van der Waals surface area contributed by atoms with Crippen molar-refractivity contribution in [1.29, 1.82) is 0 Å². The number of rotatable bonds is 4. The van der Waals surface area contributed by atoms with Crippen molar-refractivity contribution >= 4 is 46.6 Å². The zero-order valence-electron chi connectivity index (χ0n) is 15.4. The summed E-state index contributed by atoms with van der Waals surface area (Å²) < 4.78 is 0. The minimum Gasteiger partial charge on any atom is -0.352 e. The van der Waals surface area contributed by atoms with Crippen LogP contribution in [0.3, 0.4) is 0 Å². The van der Waals surface area contributed by atoms with Crippen LogP contribution in [0.15, 0.2) is 54.7 Å². The molecular formula is C20H18Cl2N6O. The van der Waals surface area contributed by atoms with Gasteiger partial charge < -0.3 is 15.1 Å². The highest BCUT2D eigenvalue weighted by molar-refractivity contribution is 6.35. The van der Waals surface area contributed by atoms with Crippen LogP contribution < -0.4 is 10.2 Å². The van der Waals surface area contributed by atoms with E-state index in [9.17, 15) is 4.79 Å². The third kappa shape index (κ3) is 4.58. The molecule has 0 spiro atoms. The summed E-state index contributed by atoms with van der Waals surface area (Å²) in [6.07, 6.45) is 1.71. The maximum atomic E-state index is 12.8. The number of piperazine rings is 1. The number of hydrogen-bond donors (Lipinski definition) is 1. The molecule has 1 amide bonds. The molecular weight excluding hydrogens is 411 g/mol. The second kappa shape index (κ2) is 8.63. The lowest BCUT2D eigenvalue weighted by Crippen LogP contribution is -2.49. The average Bonchev–Trinajstić information content (AvgIpc) is 2.76. The minimum absolute atomic E-state index is 0.113. The first kappa shape index (κ1) is 19.4. The normalized spacial score (nSPS) is 14.0. The standard InChI is InChI=1S/C20H18Cl2N6O/c21-14-4-5-16(22)15(13-14)20(29)28-11-9-27(10-12-28)19-7-6-18(25-26-19)24-17-3-1-2-8-23-17/h1-8,13H,9-12H2,(H,23,24,25). The van der Waals surface area contributed by atoms with Crippen molar-refractivity contribution in [2.45, 2.75) is 0 Å². The lowest BCUT2D eigenvalue weighted by Gasteiger charge is -2.35. The van der Waals surface area contributed by atoms with Crippen molar-refractivity contribution in [3.8, 4) is 0 Å². The first-order valence-electron chi connectivity index (χ1n) is 9.11. The van der Waals surface area contributed by atoms with Gasteiger partial charge in [-0.15, -0.1) is 10.2 Å². The molecule has 1 N–H and O–H groups in total. The van der Waals surface area contributed by atoms with Gasteiger partial charge >= 0.3 is 0 Å². The topological polar surface area (TPSA) is 74.2 Å². The van der Waals surface area contributed by atoms with Crippen molar-refractivity contribution < 1.29 is 4.79 Å². The molecule has 3 aromatic rings. The van der Waals surface area contributed by atoms with Gasteiger partial charge in [-0.25, -0.2) is 4.98 Å². The molecule has 7 nitrogen and oxygen atoms in total. The van der Waals surface area contributed by atoms with E-state index in [4.69, 9.17) is 23.2 Å². The zero-order chi connectivity index (χ0) is 20.2. The predicted molar refractivity (Wildman–Crippen MR) is 114 cm³/mol. The highest BCUT2D eigenvalue weighted by Crippen LogP contribution is 2.23. The largest absolute Gasteiger partial charge is 0.352 e. The molecule has 9 heteroatoms. The SMILES string of the molecule is O=C(c1cc(Cl)ccc1Cl)N1CCN(c2ccc(Nc3ccccn3)nn2)CC1. The van der Waals surface area contributed by atoms with Gasteiger partial charge in [0.15, 0.2) is 11.6 Å². The molecule has 3 heterocycles. The minimum atomic E-state index is -0.113. The third-order valence-corrected chi connectivity index (χ3v) is 5.19. The van der Waals surface area contributed by atoms with Crippen LogP contribution in [0.5, 0.6) is 0 Å². The number of pyridine rings is 1. The zero-order valence-corrected chi connectivity index (χ0v) is 16.9. The molecule has 0 unspecified atom stereocenters. The molecule has 2 aromatic heterocycles. The Morgan fingerprint density at radius 1 is 0.931 bits per heavy atom. The van der Waals surface area contributed by atoms with E-state index in [-0.39, 0.29) is 5.91 Å². The second-order valence-electron chi connectivity index (χ2n) is 6.52. The fourth-order valence-corrected chi connectivity index (χ4v) is 3.47. The van der Waals surface area contributed by atoms with Crippen LogP contribution in [-0.4, -0.2) is 52.2 Å². The molecule has 1 fully saturated rings. The smallest absolute Gasteiger partial charge is 0.255 e. The Morgan fingerprint density at radius 3 is 2.45 bits per heavy atom. The summed E-state index contributed by atoms with van der Waals surface area (Å²) in [5, 5.41) is 12.5. The lowest BCUT2D eigenvalue weighted by atomic mass is 10.1. The Balaban J connectivity index is 1.37. The number of halogens is 2. The van der Waals surface area contributed by atoms with E-state index in [0.717, 1.165) is 5.82 Å². The second-order valence-corrected chi connectivity index (χ2v) is 7.36. The van der Waals surface area contributed by atoms with Gasteiger partial charge in [0.1, 0.15) is 5.82 Å². The van der Waals surface area contributed by atoms with Crippen molar-refractivity contribution in [1.82, 2.24) is 20.1 Å². The van der Waals surface area contributed by atoms with Crippen LogP contribution in [-0.2, 0) is 0 Å². The first-order valence-corrected chi connectivity index (χ1v) is 9.87. The highest BCUT2D eigenvalue weighted by Gasteiger charge is 2.24. The molecule has 1 aliphatic rings. The molecule has 148 valence electrons. The van der Waals surface area contributed by atoms with E-state index in [0.29, 0.717) is 53.4 Å². The Bertz CT molecular complexity index is 992. The van der Waals surface area contributed by atoms with Gasteiger partial charge in [0.05, 0.1) is 10.6 Å². The maximum Gasteiger partial charge on any atom is 0.255 e. The third-order valence-electron chi connectivity index (χ3n) is 4.62. The monoisotopic (exact) mass is 428 g/mol. The lowest BCUT2D eigenvalue weighted by molar-refractivity contribution is 0.0746. The Labute approximate surface area is 178 Å². The number of amides is 1. The van der Waals surface area contributed by atoms with E-state index >= 15 is 0 Å². The molecule has 0 saturated carbocycles. The van der Waals surface area contributed by atoms with Crippen LogP contribution in [0.1, 0.15) is 10.4 Å². The summed E-state index contributed by atoms with van der Waals surface area (Å²) in [5.41, 5.74) is 0.428. The van der Waals surface area contributed by atoms with Crippen LogP contribution in [0.2, 0.25) is 10.0 Å². The van der Waals surface area contributed by atoms with Gasteiger partial charge in [-0.2, -0.15) is 0 Å². The Kier molecular flexibility index (Phi) is 5.78. The van der Waals surface area contributed by atoms with Crippen LogP contribution >= 0.6 is 23.2 Å². The Morgan fingerprint density at radius 2 is 1.76 bits per heavy atom. The summed E-state index contributed by atoms with van der Waals surface area (Å²) in [6.45, 7) is 2.45. The molecule has 29 heavy (non-hydrogen) atoms.